The summed E-state index contributed by atoms with van der Waals surface area (Å²) in [6.07, 6.45) is 2.15. The van der Waals surface area contributed by atoms with E-state index in [1.807, 2.05) is 44.2 Å². The van der Waals surface area contributed by atoms with Gasteiger partial charge in [-0.15, -0.1) is 0 Å². The van der Waals surface area contributed by atoms with Crippen LogP contribution in [0.15, 0.2) is 47.5 Å². The highest BCUT2D eigenvalue weighted by molar-refractivity contribution is 6.30. The van der Waals surface area contributed by atoms with E-state index in [0.29, 0.717) is 0 Å². The smallest absolute Gasteiger partial charge is 0.134 e. The van der Waals surface area contributed by atoms with Gasteiger partial charge in [0.2, 0.25) is 0 Å². The van der Waals surface area contributed by atoms with E-state index in [0.717, 1.165) is 40.8 Å². The van der Waals surface area contributed by atoms with Crippen LogP contribution in [0.4, 0.5) is 0 Å². The molecule has 2 aromatic carbocycles. The van der Waals surface area contributed by atoms with Gasteiger partial charge in [-0.05, 0) is 50.1 Å². The highest BCUT2D eigenvalue weighted by atomic mass is 35.5. The lowest BCUT2D eigenvalue weighted by Gasteiger charge is -2.20. The van der Waals surface area contributed by atoms with E-state index in [1.54, 1.807) is 7.11 Å². The van der Waals surface area contributed by atoms with Crippen LogP contribution in [0.25, 0.3) is 0 Å². The molecule has 1 aliphatic rings. The second-order valence-electron chi connectivity index (χ2n) is 7.04. The molecule has 0 amide bonds. The van der Waals surface area contributed by atoms with E-state index in [2.05, 4.69) is 24.4 Å². The molecule has 0 spiro atoms. The lowest BCUT2D eigenvalue weighted by atomic mass is 9.97. The molecule has 3 rings (SSSR count). The van der Waals surface area contributed by atoms with Gasteiger partial charge >= 0.3 is 0 Å². The molecule has 5 heteroatoms. The van der Waals surface area contributed by atoms with Gasteiger partial charge in [-0.1, -0.05) is 37.1 Å². The van der Waals surface area contributed by atoms with E-state index in [1.165, 1.54) is 5.56 Å². The van der Waals surface area contributed by atoms with E-state index < -0.39 is 0 Å². The van der Waals surface area contributed by atoms with Crippen molar-refractivity contribution in [1.29, 1.82) is 0 Å². The molecule has 0 saturated carbocycles. The predicted octanol–water partition coefficient (Wildman–Crippen LogP) is 5.40. The van der Waals surface area contributed by atoms with Crippen molar-refractivity contribution in [3.8, 4) is 11.5 Å². The third-order valence-corrected chi connectivity index (χ3v) is 4.84. The third kappa shape index (κ3) is 4.56. The summed E-state index contributed by atoms with van der Waals surface area (Å²) in [5, 5.41) is 4.36. The molecule has 0 fully saturated rings. The number of aliphatic imine (C=N–C) groups is 1. The van der Waals surface area contributed by atoms with Gasteiger partial charge in [-0.25, -0.2) is 0 Å². The number of amidine groups is 1. The zero-order valence-electron chi connectivity index (χ0n) is 16.3. The van der Waals surface area contributed by atoms with Crippen LogP contribution in [0.5, 0.6) is 11.5 Å². The Morgan fingerprint density at radius 3 is 2.52 bits per heavy atom. The van der Waals surface area contributed by atoms with Crippen LogP contribution in [0.1, 0.15) is 50.8 Å². The van der Waals surface area contributed by atoms with Gasteiger partial charge in [0, 0.05) is 11.1 Å². The second kappa shape index (κ2) is 8.66. The number of rotatable bonds is 7. The molecule has 1 aliphatic heterocycles. The highest BCUT2D eigenvalue weighted by Crippen LogP contribution is 2.33. The monoisotopic (exact) mass is 386 g/mol. The first kappa shape index (κ1) is 19.6. The van der Waals surface area contributed by atoms with Crippen molar-refractivity contribution in [3.05, 3.63) is 58.6 Å². The molecule has 0 aliphatic carbocycles. The Labute approximate surface area is 166 Å². The molecule has 0 aromatic heterocycles. The first-order valence-electron chi connectivity index (χ1n) is 9.46. The molecule has 27 heavy (non-hydrogen) atoms. The van der Waals surface area contributed by atoms with Crippen molar-refractivity contribution in [2.75, 3.05) is 7.11 Å². The van der Waals surface area contributed by atoms with Gasteiger partial charge in [0.1, 0.15) is 17.3 Å². The fourth-order valence-electron chi connectivity index (χ4n) is 3.35. The minimum absolute atomic E-state index is 0.0661. The number of methoxy groups -OCH3 is 1. The topological polar surface area (TPSA) is 42.9 Å². The minimum Gasteiger partial charge on any atom is -0.497 e. The summed E-state index contributed by atoms with van der Waals surface area (Å²) in [5.74, 6) is 2.42. The Kier molecular flexibility index (Phi) is 6.27. The van der Waals surface area contributed by atoms with E-state index in [4.69, 9.17) is 26.1 Å². The normalized spacial score (nSPS) is 19.0. The first-order chi connectivity index (χ1) is 13.0. The van der Waals surface area contributed by atoms with Gasteiger partial charge in [0.25, 0.3) is 0 Å². The predicted molar refractivity (Wildman–Crippen MR) is 111 cm³/mol. The Hall–Kier alpha value is -2.20. The summed E-state index contributed by atoms with van der Waals surface area (Å²) < 4.78 is 11.4. The van der Waals surface area contributed by atoms with Crippen molar-refractivity contribution < 1.29 is 9.47 Å². The molecular formula is C22H27ClN2O2. The molecule has 0 radical (unpaired) electrons. The zero-order valence-corrected chi connectivity index (χ0v) is 17.1. The molecule has 2 unspecified atom stereocenters. The average molecular weight is 387 g/mol. The molecule has 0 saturated heterocycles. The maximum absolute atomic E-state index is 6.06. The third-order valence-electron chi connectivity index (χ3n) is 4.59. The summed E-state index contributed by atoms with van der Waals surface area (Å²) in [7, 11) is 1.66. The highest BCUT2D eigenvalue weighted by Gasteiger charge is 2.31. The number of hydrogen-bond donors (Lipinski definition) is 1. The summed E-state index contributed by atoms with van der Waals surface area (Å²) >= 11 is 6.06. The molecule has 144 valence electrons. The zero-order chi connectivity index (χ0) is 19.4. The number of nitrogens with one attached hydrogen (secondary N) is 1. The SMILES string of the molecule is CCCC1N=C(c2ccc(OC)cc2OC(C)C)NC1c1ccc(Cl)cc1. The molecule has 0 bridgehead atoms. The van der Waals surface area contributed by atoms with Crippen molar-refractivity contribution in [3.63, 3.8) is 0 Å². The van der Waals surface area contributed by atoms with Crippen LogP contribution in [-0.4, -0.2) is 25.1 Å². The lowest BCUT2D eigenvalue weighted by molar-refractivity contribution is 0.240. The summed E-state index contributed by atoms with van der Waals surface area (Å²) in [5.41, 5.74) is 2.15. The van der Waals surface area contributed by atoms with Gasteiger partial charge in [-0.2, -0.15) is 0 Å². The Morgan fingerprint density at radius 1 is 1.15 bits per heavy atom. The van der Waals surface area contributed by atoms with Crippen molar-refractivity contribution in [2.45, 2.75) is 51.8 Å². The maximum atomic E-state index is 6.06. The fourth-order valence-corrected chi connectivity index (χ4v) is 3.47. The molecule has 4 nitrogen and oxygen atoms in total. The molecule has 2 atom stereocenters. The quantitative estimate of drug-likeness (QED) is 0.693. The molecule has 1 heterocycles. The maximum Gasteiger partial charge on any atom is 0.134 e. The van der Waals surface area contributed by atoms with Gasteiger partial charge < -0.3 is 14.8 Å². The lowest BCUT2D eigenvalue weighted by Crippen LogP contribution is -2.27. The van der Waals surface area contributed by atoms with Crippen LogP contribution >= 0.6 is 11.6 Å². The van der Waals surface area contributed by atoms with Crippen LogP contribution < -0.4 is 14.8 Å². The standard InChI is InChI=1S/C22H27ClN2O2/c1-5-6-19-21(15-7-9-16(23)10-8-15)25-22(24-19)18-12-11-17(26-4)13-20(18)27-14(2)3/h7-14,19,21H,5-6H2,1-4H3,(H,24,25). The van der Waals surface area contributed by atoms with Crippen LogP contribution in [-0.2, 0) is 0 Å². The van der Waals surface area contributed by atoms with E-state index in [-0.39, 0.29) is 18.2 Å². The van der Waals surface area contributed by atoms with Crippen molar-refractivity contribution in [1.82, 2.24) is 5.32 Å². The van der Waals surface area contributed by atoms with E-state index in [9.17, 15) is 0 Å². The van der Waals surface area contributed by atoms with E-state index >= 15 is 0 Å². The Balaban J connectivity index is 1.94. The fraction of sp³-hybridized carbons (Fsp3) is 0.409. The number of halogens is 1. The number of benzene rings is 2. The van der Waals surface area contributed by atoms with Crippen molar-refractivity contribution in [2.24, 2.45) is 4.99 Å². The Morgan fingerprint density at radius 2 is 1.89 bits per heavy atom. The van der Waals surface area contributed by atoms with Crippen LogP contribution in [0.3, 0.4) is 0 Å². The van der Waals surface area contributed by atoms with Crippen LogP contribution in [0, 0.1) is 0 Å². The minimum atomic E-state index is 0.0661. The number of ether oxygens (including phenoxy) is 2. The molecular weight excluding hydrogens is 360 g/mol. The summed E-state index contributed by atoms with van der Waals surface area (Å²) in [4.78, 5) is 5.00. The molecule has 2 aromatic rings. The summed E-state index contributed by atoms with van der Waals surface area (Å²) in [6, 6.07) is 14.2. The van der Waals surface area contributed by atoms with Gasteiger partial charge in [0.05, 0.1) is 30.9 Å². The number of hydrogen-bond acceptors (Lipinski definition) is 4. The van der Waals surface area contributed by atoms with Gasteiger partial charge in [0.15, 0.2) is 0 Å². The average Bonchev–Trinajstić information content (AvgIpc) is 3.05. The van der Waals surface area contributed by atoms with Crippen LogP contribution in [0.2, 0.25) is 5.02 Å². The first-order valence-corrected chi connectivity index (χ1v) is 9.84. The molecule has 1 N–H and O–H groups in total. The van der Waals surface area contributed by atoms with Crippen molar-refractivity contribution >= 4 is 17.4 Å². The largest absolute Gasteiger partial charge is 0.497 e. The summed E-state index contributed by atoms with van der Waals surface area (Å²) in [6.45, 7) is 6.22. The second-order valence-corrected chi connectivity index (χ2v) is 7.47. The Bertz CT molecular complexity index is 802. The van der Waals surface area contributed by atoms with Gasteiger partial charge in [-0.3, -0.25) is 4.99 Å². The number of nitrogens with zero attached hydrogens (tertiary/aromatic N) is 1.